The number of aryl methyl sites for hydroxylation is 1. The van der Waals surface area contributed by atoms with Crippen LogP contribution in [-0.4, -0.2) is 10.1 Å². The smallest absolute Gasteiger partial charge is 0.144 e. The minimum Gasteiger partial charge on any atom is -0.397 e. The van der Waals surface area contributed by atoms with E-state index in [0.717, 1.165) is 11.5 Å². The second-order valence-corrected chi connectivity index (χ2v) is 3.56. The monoisotopic (exact) mass is 229 g/mol. The lowest BCUT2D eigenvalue weighted by atomic mass is 10.2. The molecule has 2 aromatic rings. The Bertz CT molecular complexity index is 569. The summed E-state index contributed by atoms with van der Waals surface area (Å²) in [5.41, 5.74) is 7.17. The minimum atomic E-state index is 0.408. The van der Waals surface area contributed by atoms with Crippen molar-refractivity contribution in [3.05, 3.63) is 35.3 Å². The molecular weight excluding hydrogens is 218 g/mol. The van der Waals surface area contributed by atoms with E-state index >= 15 is 0 Å². The highest BCUT2D eigenvalue weighted by Crippen LogP contribution is 2.15. The molecular formula is C11H11N5O. The largest absolute Gasteiger partial charge is 0.397 e. The first-order valence-corrected chi connectivity index (χ1v) is 5.00. The summed E-state index contributed by atoms with van der Waals surface area (Å²) in [4.78, 5) is 4.05. The predicted molar refractivity (Wildman–Crippen MR) is 61.9 cm³/mol. The normalized spacial score (nSPS) is 9.88. The third kappa shape index (κ3) is 2.52. The number of hydrogen-bond donors (Lipinski definition) is 2. The van der Waals surface area contributed by atoms with E-state index in [4.69, 9.17) is 15.5 Å². The molecule has 0 fully saturated rings. The zero-order valence-corrected chi connectivity index (χ0v) is 9.27. The molecule has 86 valence electrons. The summed E-state index contributed by atoms with van der Waals surface area (Å²) in [6.07, 6.45) is 1.50. The van der Waals surface area contributed by atoms with Gasteiger partial charge in [-0.25, -0.2) is 4.98 Å². The lowest BCUT2D eigenvalue weighted by Crippen LogP contribution is -2.04. The maximum atomic E-state index is 8.92. The fourth-order valence-corrected chi connectivity index (χ4v) is 1.38. The van der Waals surface area contributed by atoms with Gasteiger partial charge in [0, 0.05) is 6.07 Å². The summed E-state index contributed by atoms with van der Waals surface area (Å²) in [5.74, 6) is 1.23. The Morgan fingerprint density at radius 1 is 1.53 bits per heavy atom. The van der Waals surface area contributed by atoms with Gasteiger partial charge in [0.05, 0.1) is 24.0 Å². The molecule has 0 unspecified atom stereocenters. The van der Waals surface area contributed by atoms with Crippen LogP contribution in [-0.2, 0) is 6.54 Å². The van der Waals surface area contributed by atoms with Crippen molar-refractivity contribution in [1.82, 2.24) is 10.1 Å². The van der Waals surface area contributed by atoms with E-state index in [1.807, 2.05) is 19.1 Å². The van der Waals surface area contributed by atoms with Gasteiger partial charge < -0.3 is 15.6 Å². The van der Waals surface area contributed by atoms with Gasteiger partial charge >= 0.3 is 0 Å². The molecule has 2 aromatic heterocycles. The van der Waals surface area contributed by atoms with Gasteiger partial charge in [0.15, 0.2) is 0 Å². The first-order chi connectivity index (χ1) is 8.19. The van der Waals surface area contributed by atoms with Crippen molar-refractivity contribution in [1.29, 1.82) is 5.26 Å². The number of nitrogen functional groups attached to an aromatic ring is 1. The summed E-state index contributed by atoms with van der Waals surface area (Å²) in [5, 5.41) is 15.8. The molecule has 0 radical (unpaired) electrons. The van der Waals surface area contributed by atoms with Gasteiger partial charge in [0.1, 0.15) is 23.3 Å². The summed E-state index contributed by atoms with van der Waals surface area (Å²) in [7, 11) is 0. The molecule has 3 N–H and O–H groups in total. The molecule has 0 aliphatic heterocycles. The number of aromatic nitrogens is 2. The van der Waals surface area contributed by atoms with E-state index in [2.05, 4.69) is 15.5 Å². The fraction of sp³-hybridized carbons (Fsp3) is 0.182. The van der Waals surface area contributed by atoms with Crippen LogP contribution < -0.4 is 11.1 Å². The minimum absolute atomic E-state index is 0.408. The van der Waals surface area contributed by atoms with Crippen molar-refractivity contribution in [3.63, 3.8) is 0 Å². The second kappa shape index (κ2) is 4.53. The van der Waals surface area contributed by atoms with Crippen LogP contribution in [0.4, 0.5) is 11.5 Å². The zero-order valence-electron chi connectivity index (χ0n) is 9.27. The molecule has 0 saturated heterocycles. The molecule has 2 heterocycles. The fourth-order valence-electron chi connectivity index (χ4n) is 1.38. The lowest BCUT2D eigenvalue weighted by Gasteiger charge is -2.05. The lowest BCUT2D eigenvalue weighted by molar-refractivity contribution is 0.391. The van der Waals surface area contributed by atoms with E-state index in [9.17, 15) is 0 Å². The number of hydrogen-bond acceptors (Lipinski definition) is 6. The number of anilines is 2. The topological polar surface area (TPSA) is 101 Å². The van der Waals surface area contributed by atoms with E-state index in [0.29, 0.717) is 23.6 Å². The number of rotatable bonds is 3. The molecule has 0 aliphatic carbocycles. The Labute approximate surface area is 98.1 Å². The van der Waals surface area contributed by atoms with Crippen LogP contribution in [0.5, 0.6) is 0 Å². The molecule has 0 aliphatic rings. The van der Waals surface area contributed by atoms with Crippen LogP contribution in [0.2, 0.25) is 0 Å². The Hall–Kier alpha value is -2.55. The highest BCUT2D eigenvalue weighted by Gasteiger charge is 2.05. The highest BCUT2D eigenvalue weighted by atomic mass is 16.5. The highest BCUT2D eigenvalue weighted by molar-refractivity contribution is 5.57. The summed E-state index contributed by atoms with van der Waals surface area (Å²) < 4.78 is 4.93. The number of nitrogens with one attached hydrogen (secondary N) is 1. The first-order valence-electron chi connectivity index (χ1n) is 5.00. The maximum Gasteiger partial charge on any atom is 0.144 e. The van der Waals surface area contributed by atoms with Crippen molar-refractivity contribution in [2.75, 3.05) is 11.1 Å². The molecule has 0 atom stereocenters. The Morgan fingerprint density at radius 3 is 3.00 bits per heavy atom. The van der Waals surface area contributed by atoms with Crippen molar-refractivity contribution in [2.45, 2.75) is 13.5 Å². The summed E-state index contributed by atoms with van der Waals surface area (Å²) in [6.45, 7) is 2.27. The van der Waals surface area contributed by atoms with Gasteiger partial charge in [0.2, 0.25) is 0 Å². The van der Waals surface area contributed by atoms with Crippen LogP contribution in [0.25, 0.3) is 0 Å². The Morgan fingerprint density at radius 2 is 2.35 bits per heavy atom. The van der Waals surface area contributed by atoms with Gasteiger partial charge in [-0.15, -0.1) is 0 Å². The second-order valence-electron chi connectivity index (χ2n) is 3.56. The maximum absolute atomic E-state index is 8.92. The number of pyridine rings is 1. The van der Waals surface area contributed by atoms with Gasteiger partial charge in [0.25, 0.3) is 0 Å². The number of nitrogens with two attached hydrogens (primary N) is 1. The van der Waals surface area contributed by atoms with E-state index in [1.165, 1.54) is 6.20 Å². The third-order valence-electron chi connectivity index (χ3n) is 2.14. The van der Waals surface area contributed by atoms with Crippen LogP contribution >= 0.6 is 0 Å². The SMILES string of the molecule is Cc1cc(CNc2ncc(N)cc2C#N)no1. The third-order valence-corrected chi connectivity index (χ3v) is 2.14. The molecule has 0 spiro atoms. The van der Waals surface area contributed by atoms with Crippen LogP contribution in [0, 0.1) is 18.3 Å². The average Bonchev–Trinajstić information content (AvgIpc) is 2.73. The molecule has 0 aromatic carbocycles. The van der Waals surface area contributed by atoms with Gasteiger partial charge in [-0.2, -0.15) is 5.26 Å². The first kappa shape index (κ1) is 11.0. The van der Waals surface area contributed by atoms with Crippen molar-refractivity contribution in [3.8, 4) is 6.07 Å². The predicted octanol–water partition coefficient (Wildman–Crippen LogP) is 1.44. The molecule has 6 nitrogen and oxygen atoms in total. The Kier molecular flexibility index (Phi) is 2.92. The van der Waals surface area contributed by atoms with Gasteiger partial charge in [-0.1, -0.05) is 5.16 Å². The molecule has 0 amide bonds. The van der Waals surface area contributed by atoms with Crippen molar-refractivity contribution < 1.29 is 4.52 Å². The van der Waals surface area contributed by atoms with Crippen molar-refractivity contribution in [2.24, 2.45) is 0 Å². The van der Waals surface area contributed by atoms with E-state index < -0.39 is 0 Å². The number of nitrogens with zero attached hydrogens (tertiary/aromatic N) is 3. The molecule has 17 heavy (non-hydrogen) atoms. The van der Waals surface area contributed by atoms with E-state index in [-0.39, 0.29) is 0 Å². The summed E-state index contributed by atoms with van der Waals surface area (Å²) in [6, 6.07) is 5.42. The molecule has 6 heteroatoms. The molecule has 2 rings (SSSR count). The van der Waals surface area contributed by atoms with Crippen LogP contribution in [0.3, 0.4) is 0 Å². The standard InChI is InChI=1S/C11H11N5O/c1-7-2-10(16-17-7)6-15-11-8(4-12)3-9(13)5-14-11/h2-3,5H,6,13H2,1H3,(H,14,15). The van der Waals surface area contributed by atoms with Crippen molar-refractivity contribution >= 4 is 11.5 Å². The zero-order chi connectivity index (χ0) is 12.3. The quantitative estimate of drug-likeness (QED) is 0.825. The summed E-state index contributed by atoms with van der Waals surface area (Å²) >= 11 is 0. The van der Waals surface area contributed by atoms with Gasteiger partial charge in [-0.05, 0) is 13.0 Å². The van der Waals surface area contributed by atoms with Crippen LogP contribution in [0.15, 0.2) is 22.9 Å². The molecule has 0 bridgehead atoms. The number of nitriles is 1. The van der Waals surface area contributed by atoms with E-state index in [1.54, 1.807) is 6.07 Å². The molecule has 0 saturated carbocycles. The van der Waals surface area contributed by atoms with Crippen LogP contribution in [0.1, 0.15) is 17.0 Å². The average molecular weight is 229 g/mol. The Balaban J connectivity index is 2.12. The van der Waals surface area contributed by atoms with Gasteiger partial charge in [-0.3, -0.25) is 0 Å².